The summed E-state index contributed by atoms with van der Waals surface area (Å²) in [4.78, 5) is 14.2. The van der Waals surface area contributed by atoms with E-state index in [0.29, 0.717) is 12.2 Å². The summed E-state index contributed by atoms with van der Waals surface area (Å²) in [7, 11) is 0. The largest absolute Gasteiger partial charge is 0.389 e. The highest BCUT2D eigenvalue weighted by Crippen LogP contribution is 2.16. The first-order valence-corrected chi connectivity index (χ1v) is 7.70. The summed E-state index contributed by atoms with van der Waals surface area (Å²) in [5.74, 6) is 0. The van der Waals surface area contributed by atoms with Crippen molar-refractivity contribution in [1.82, 2.24) is 10.2 Å². The highest BCUT2D eigenvalue weighted by molar-refractivity contribution is 5.89. The van der Waals surface area contributed by atoms with E-state index in [4.69, 9.17) is 0 Å². The molecule has 0 saturated carbocycles. The number of benzene rings is 1. The fourth-order valence-electron chi connectivity index (χ4n) is 2.56. The molecule has 5 nitrogen and oxygen atoms in total. The van der Waals surface area contributed by atoms with Crippen LogP contribution in [-0.4, -0.2) is 42.2 Å². The fraction of sp³-hybridized carbons (Fsp3) is 0.562. The number of aliphatic hydroxyl groups is 1. The van der Waals surface area contributed by atoms with Gasteiger partial charge in [0.05, 0.1) is 6.10 Å². The Morgan fingerprint density at radius 1 is 1.33 bits per heavy atom. The second-order valence-electron chi connectivity index (χ2n) is 5.58. The van der Waals surface area contributed by atoms with Crippen LogP contribution in [0.25, 0.3) is 0 Å². The summed E-state index contributed by atoms with van der Waals surface area (Å²) in [6, 6.07) is 7.07. The van der Waals surface area contributed by atoms with Gasteiger partial charge in [0.15, 0.2) is 0 Å². The number of nitrogens with one attached hydrogen (secondary N) is 2. The molecule has 0 aliphatic carbocycles. The Kier molecular flexibility index (Phi) is 6.02. The summed E-state index contributed by atoms with van der Waals surface area (Å²) in [6.07, 6.45) is 3.31. The van der Waals surface area contributed by atoms with Crippen LogP contribution in [0.15, 0.2) is 24.3 Å². The van der Waals surface area contributed by atoms with E-state index >= 15 is 0 Å². The van der Waals surface area contributed by atoms with Gasteiger partial charge < -0.3 is 20.6 Å². The number of hydrogen-bond acceptors (Lipinski definition) is 3. The molecule has 3 N–H and O–H groups in total. The maximum absolute atomic E-state index is 11.8. The molecule has 0 bridgehead atoms. The Balaban J connectivity index is 1.72. The highest BCUT2D eigenvalue weighted by Gasteiger charge is 2.10. The molecule has 5 heteroatoms. The van der Waals surface area contributed by atoms with Crippen molar-refractivity contribution in [3.63, 3.8) is 0 Å². The maximum Gasteiger partial charge on any atom is 0.319 e. The topological polar surface area (TPSA) is 64.6 Å². The number of carbonyl (C=O) groups is 1. The van der Waals surface area contributed by atoms with Crippen molar-refractivity contribution in [2.45, 2.75) is 32.3 Å². The Bertz CT molecular complexity index is 457. The van der Waals surface area contributed by atoms with Gasteiger partial charge in [-0.05, 0) is 50.6 Å². The summed E-state index contributed by atoms with van der Waals surface area (Å²) >= 11 is 0. The predicted octanol–water partition coefficient (Wildman–Crippen LogP) is 2.35. The Morgan fingerprint density at radius 2 is 2.10 bits per heavy atom. The third-order valence-corrected chi connectivity index (χ3v) is 3.79. The molecule has 1 fully saturated rings. The SMILES string of the molecule is CC(O)c1cccc(NC(=O)NCCN2CCCCC2)c1. The molecule has 116 valence electrons. The van der Waals surface area contributed by atoms with Crippen LogP contribution in [0.2, 0.25) is 0 Å². The number of anilines is 1. The zero-order valence-electron chi connectivity index (χ0n) is 12.6. The molecule has 21 heavy (non-hydrogen) atoms. The average molecular weight is 291 g/mol. The van der Waals surface area contributed by atoms with Crippen LogP contribution in [0.4, 0.5) is 10.5 Å². The van der Waals surface area contributed by atoms with Gasteiger partial charge >= 0.3 is 6.03 Å². The second-order valence-corrected chi connectivity index (χ2v) is 5.58. The molecule has 1 atom stereocenters. The van der Waals surface area contributed by atoms with Crippen molar-refractivity contribution in [3.05, 3.63) is 29.8 Å². The molecule has 1 aliphatic heterocycles. The normalized spacial score (nSPS) is 17.2. The van der Waals surface area contributed by atoms with E-state index in [-0.39, 0.29) is 6.03 Å². The summed E-state index contributed by atoms with van der Waals surface area (Å²) in [5.41, 5.74) is 1.49. The Morgan fingerprint density at radius 3 is 2.81 bits per heavy atom. The van der Waals surface area contributed by atoms with Gasteiger partial charge in [0, 0.05) is 18.8 Å². The molecule has 2 amide bonds. The maximum atomic E-state index is 11.8. The number of likely N-dealkylation sites (tertiary alicyclic amines) is 1. The van der Waals surface area contributed by atoms with Crippen molar-refractivity contribution < 1.29 is 9.90 Å². The third-order valence-electron chi connectivity index (χ3n) is 3.79. The lowest BCUT2D eigenvalue weighted by molar-refractivity contribution is 0.199. The van der Waals surface area contributed by atoms with Gasteiger partial charge in [-0.25, -0.2) is 4.79 Å². The van der Waals surface area contributed by atoms with Crippen LogP contribution in [-0.2, 0) is 0 Å². The fourth-order valence-corrected chi connectivity index (χ4v) is 2.56. The van der Waals surface area contributed by atoms with Crippen LogP contribution < -0.4 is 10.6 Å². The molecule has 1 aromatic carbocycles. The molecule has 1 saturated heterocycles. The monoisotopic (exact) mass is 291 g/mol. The van der Waals surface area contributed by atoms with Gasteiger partial charge in [-0.3, -0.25) is 0 Å². The van der Waals surface area contributed by atoms with E-state index in [1.165, 1.54) is 19.3 Å². The lowest BCUT2D eigenvalue weighted by Gasteiger charge is -2.26. The predicted molar refractivity (Wildman–Crippen MR) is 84.4 cm³/mol. The second kappa shape index (κ2) is 8.00. The molecule has 0 radical (unpaired) electrons. The minimum absolute atomic E-state index is 0.199. The molecule has 1 aliphatic rings. The zero-order valence-corrected chi connectivity index (χ0v) is 12.6. The van der Waals surface area contributed by atoms with Crippen molar-refractivity contribution >= 4 is 11.7 Å². The summed E-state index contributed by atoms with van der Waals surface area (Å²) < 4.78 is 0. The minimum atomic E-state index is -0.533. The number of amides is 2. The van der Waals surface area contributed by atoms with E-state index < -0.39 is 6.10 Å². The number of hydrogen-bond donors (Lipinski definition) is 3. The van der Waals surface area contributed by atoms with Crippen LogP contribution >= 0.6 is 0 Å². The number of nitrogens with zero attached hydrogens (tertiary/aromatic N) is 1. The van der Waals surface area contributed by atoms with Crippen molar-refractivity contribution in [2.75, 3.05) is 31.5 Å². The number of carbonyl (C=O) groups excluding carboxylic acids is 1. The third kappa shape index (κ3) is 5.36. The van der Waals surface area contributed by atoms with Gasteiger partial charge in [0.2, 0.25) is 0 Å². The molecule has 0 spiro atoms. The highest BCUT2D eigenvalue weighted by atomic mass is 16.3. The first-order valence-electron chi connectivity index (χ1n) is 7.70. The molecule has 1 aromatic rings. The number of rotatable bonds is 5. The molecule has 2 rings (SSSR count). The molecule has 1 unspecified atom stereocenters. The molecular weight excluding hydrogens is 266 g/mol. The van der Waals surface area contributed by atoms with Crippen LogP contribution in [0.5, 0.6) is 0 Å². The first kappa shape index (κ1) is 15.8. The quantitative estimate of drug-likeness (QED) is 0.780. The minimum Gasteiger partial charge on any atom is -0.389 e. The van der Waals surface area contributed by atoms with Crippen LogP contribution in [0.1, 0.15) is 37.9 Å². The van der Waals surface area contributed by atoms with E-state index in [0.717, 1.165) is 25.2 Å². The average Bonchev–Trinajstić information content (AvgIpc) is 2.48. The Hall–Kier alpha value is -1.59. The lowest BCUT2D eigenvalue weighted by atomic mass is 10.1. The van der Waals surface area contributed by atoms with Crippen LogP contribution in [0.3, 0.4) is 0 Å². The first-order chi connectivity index (χ1) is 10.1. The van der Waals surface area contributed by atoms with Gasteiger partial charge in [-0.15, -0.1) is 0 Å². The molecule has 1 heterocycles. The number of piperidine rings is 1. The van der Waals surface area contributed by atoms with Gasteiger partial charge in [-0.2, -0.15) is 0 Å². The van der Waals surface area contributed by atoms with Crippen molar-refractivity contribution in [1.29, 1.82) is 0 Å². The van der Waals surface area contributed by atoms with Crippen molar-refractivity contribution in [3.8, 4) is 0 Å². The van der Waals surface area contributed by atoms with Crippen LogP contribution in [0, 0.1) is 0 Å². The van der Waals surface area contributed by atoms with E-state index in [1.807, 2.05) is 18.2 Å². The van der Waals surface area contributed by atoms with Gasteiger partial charge in [0.1, 0.15) is 0 Å². The van der Waals surface area contributed by atoms with E-state index in [1.54, 1.807) is 13.0 Å². The standard InChI is InChI=1S/C16H25N3O2/c1-13(20)14-6-5-7-15(12-14)18-16(21)17-8-11-19-9-3-2-4-10-19/h5-7,12-13,20H,2-4,8-11H2,1H3,(H2,17,18,21). The van der Waals surface area contributed by atoms with E-state index in [2.05, 4.69) is 15.5 Å². The van der Waals surface area contributed by atoms with Gasteiger partial charge in [-0.1, -0.05) is 18.6 Å². The Labute approximate surface area is 126 Å². The van der Waals surface area contributed by atoms with Gasteiger partial charge in [0.25, 0.3) is 0 Å². The van der Waals surface area contributed by atoms with E-state index in [9.17, 15) is 9.90 Å². The lowest BCUT2D eigenvalue weighted by Crippen LogP contribution is -2.39. The summed E-state index contributed by atoms with van der Waals surface area (Å²) in [6.45, 7) is 5.54. The van der Waals surface area contributed by atoms with Crippen molar-refractivity contribution in [2.24, 2.45) is 0 Å². The molecular formula is C16H25N3O2. The number of urea groups is 1. The molecule has 0 aromatic heterocycles. The zero-order chi connectivity index (χ0) is 15.1. The smallest absolute Gasteiger partial charge is 0.319 e. The summed E-state index contributed by atoms with van der Waals surface area (Å²) in [5, 5.41) is 15.2. The number of aliphatic hydroxyl groups excluding tert-OH is 1.